The van der Waals surface area contributed by atoms with E-state index in [9.17, 15) is 4.79 Å². The summed E-state index contributed by atoms with van der Waals surface area (Å²) in [5.41, 5.74) is 0.964. The van der Waals surface area contributed by atoms with Gasteiger partial charge >= 0.3 is 0 Å². The normalized spacial score (nSPS) is 20.1. The van der Waals surface area contributed by atoms with Crippen molar-refractivity contribution >= 4 is 23.5 Å². The molecule has 1 aromatic carbocycles. The minimum atomic E-state index is 0.157. The Morgan fingerprint density at radius 2 is 1.77 bits per heavy atom. The van der Waals surface area contributed by atoms with Crippen LogP contribution in [0.1, 0.15) is 19.4 Å². The van der Waals surface area contributed by atoms with Gasteiger partial charge in [0.1, 0.15) is 0 Å². The smallest absolute Gasteiger partial charge is 0.227 e. The average molecular weight is 449 g/mol. The summed E-state index contributed by atoms with van der Waals surface area (Å²) in [6.45, 7) is 14.1. The molecule has 1 amide bonds. The third-order valence-electron chi connectivity index (χ3n) is 6.42. The lowest BCUT2D eigenvalue weighted by molar-refractivity contribution is -0.131. The lowest BCUT2D eigenvalue weighted by atomic mass is 10.1. The van der Waals surface area contributed by atoms with Crippen molar-refractivity contribution in [2.45, 2.75) is 26.3 Å². The van der Waals surface area contributed by atoms with Crippen LogP contribution in [0.4, 0.5) is 0 Å². The second kappa shape index (κ2) is 11.7. The number of nitrogens with one attached hydrogen (secondary N) is 1. The van der Waals surface area contributed by atoms with Gasteiger partial charge in [-0.05, 0) is 31.2 Å². The number of amides is 1. The highest BCUT2D eigenvalue weighted by atomic mass is 35.5. The monoisotopic (exact) mass is 448 g/mol. The number of benzene rings is 1. The van der Waals surface area contributed by atoms with E-state index in [0.29, 0.717) is 30.6 Å². The molecule has 7 nitrogen and oxygen atoms in total. The molecule has 8 heteroatoms. The van der Waals surface area contributed by atoms with Gasteiger partial charge in [-0.2, -0.15) is 0 Å². The summed E-state index contributed by atoms with van der Waals surface area (Å²) in [6.07, 6.45) is 0.399. The van der Waals surface area contributed by atoms with E-state index in [1.165, 1.54) is 0 Å². The maximum Gasteiger partial charge on any atom is 0.227 e. The number of carbonyl (C=O) groups excluding carboxylic acids is 1. The molecule has 0 aromatic heterocycles. The molecule has 2 heterocycles. The molecule has 0 bridgehead atoms. The molecular weight excluding hydrogens is 412 g/mol. The molecule has 2 aliphatic rings. The van der Waals surface area contributed by atoms with Crippen LogP contribution in [0, 0.1) is 0 Å². The van der Waals surface area contributed by atoms with Crippen LogP contribution in [-0.2, 0) is 11.2 Å². The first-order valence-electron chi connectivity index (χ1n) is 11.4. The second-order valence-corrected chi connectivity index (χ2v) is 8.86. The minimum Gasteiger partial charge on any atom is -0.355 e. The predicted molar refractivity (Wildman–Crippen MR) is 128 cm³/mol. The van der Waals surface area contributed by atoms with Gasteiger partial charge in [0.05, 0.1) is 6.42 Å². The topological polar surface area (TPSA) is 54.4 Å². The summed E-state index contributed by atoms with van der Waals surface area (Å²) in [6, 6.07) is 8.01. The number of aliphatic imine (C=N–C) groups is 1. The third kappa shape index (κ3) is 6.82. The molecule has 0 radical (unpaired) electrons. The molecule has 1 atom stereocenters. The van der Waals surface area contributed by atoms with Crippen LogP contribution in [0.2, 0.25) is 5.02 Å². The van der Waals surface area contributed by atoms with Crippen molar-refractivity contribution in [3.05, 3.63) is 34.9 Å². The van der Waals surface area contributed by atoms with Crippen molar-refractivity contribution in [1.29, 1.82) is 0 Å². The van der Waals surface area contributed by atoms with E-state index in [0.717, 1.165) is 63.9 Å². The van der Waals surface area contributed by atoms with Gasteiger partial charge in [-0.15, -0.1) is 0 Å². The number of hydrogen-bond acceptors (Lipinski definition) is 4. The highest BCUT2D eigenvalue weighted by Crippen LogP contribution is 2.13. The first-order chi connectivity index (χ1) is 15.0. The molecule has 0 spiro atoms. The van der Waals surface area contributed by atoms with Crippen LogP contribution in [0.5, 0.6) is 0 Å². The molecule has 0 saturated carbocycles. The lowest BCUT2D eigenvalue weighted by Gasteiger charge is -2.39. The van der Waals surface area contributed by atoms with Crippen molar-refractivity contribution in [1.82, 2.24) is 24.9 Å². The van der Waals surface area contributed by atoms with Crippen molar-refractivity contribution in [2.24, 2.45) is 4.99 Å². The number of piperazine rings is 2. The first-order valence-corrected chi connectivity index (χ1v) is 11.8. The standard InChI is InChI=1S/C23H37ClN6O/c1-4-27-8-10-28(11-9-27)19(2)18-26-23(25-3)30-14-12-29(13-15-30)22(31)17-20-6-5-7-21(24)16-20/h5-7,16,19H,4,8-15,17-18H2,1-3H3,(H,25,26). The Morgan fingerprint density at radius 3 is 2.39 bits per heavy atom. The van der Waals surface area contributed by atoms with Gasteiger partial charge in [0.15, 0.2) is 5.96 Å². The number of carbonyl (C=O) groups is 1. The fourth-order valence-electron chi connectivity index (χ4n) is 4.32. The Balaban J connectivity index is 1.42. The van der Waals surface area contributed by atoms with Crippen LogP contribution < -0.4 is 5.32 Å². The Hall–Kier alpha value is -1.83. The first kappa shape index (κ1) is 23.8. The van der Waals surface area contributed by atoms with Gasteiger partial charge in [0.25, 0.3) is 0 Å². The van der Waals surface area contributed by atoms with Crippen molar-refractivity contribution in [3.8, 4) is 0 Å². The number of guanidine groups is 1. The number of rotatable bonds is 6. The van der Waals surface area contributed by atoms with Crippen LogP contribution >= 0.6 is 11.6 Å². The SMILES string of the molecule is CCN1CCN(C(C)CNC(=NC)N2CCN(C(=O)Cc3cccc(Cl)c3)CC2)CC1. The van der Waals surface area contributed by atoms with E-state index in [-0.39, 0.29) is 5.91 Å². The molecule has 0 aliphatic carbocycles. The molecule has 172 valence electrons. The largest absolute Gasteiger partial charge is 0.355 e. The maximum absolute atomic E-state index is 12.7. The predicted octanol–water partition coefficient (Wildman–Crippen LogP) is 1.63. The fourth-order valence-corrected chi connectivity index (χ4v) is 4.53. The molecule has 3 rings (SSSR count). The van der Waals surface area contributed by atoms with E-state index in [2.05, 4.69) is 38.9 Å². The van der Waals surface area contributed by atoms with E-state index >= 15 is 0 Å². The zero-order valence-electron chi connectivity index (χ0n) is 19.2. The Labute approximate surface area is 192 Å². The molecule has 1 N–H and O–H groups in total. The van der Waals surface area contributed by atoms with Gasteiger partial charge < -0.3 is 20.0 Å². The fraction of sp³-hybridized carbons (Fsp3) is 0.652. The zero-order chi connectivity index (χ0) is 22.2. The van der Waals surface area contributed by atoms with Gasteiger partial charge in [-0.25, -0.2) is 0 Å². The zero-order valence-corrected chi connectivity index (χ0v) is 19.9. The Morgan fingerprint density at radius 1 is 1.10 bits per heavy atom. The summed E-state index contributed by atoms with van der Waals surface area (Å²) < 4.78 is 0. The number of nitrogens with zero attached hydrogens (tertiary/aromatic N) is 5. The van der Waals surface area contributed by atoms with Crippen LogP contribution in [0.3, 0.4) is 0 Å². The van der Waals surface area contributed by atoms with E-state index < -0.39 is 0 Å². The lowest BCUT2D eigenvalue weighted by Crippen LogP contribution is -2.56. The molecule has 31 heavy (non-hydrogen) atoms. The van der Waals surface area contributed by atoms with Crippen LogP contribution in [0.15, 0.2) is 29.3 Å². The summed E-state index contributed by atoms with van der Waals surface area (Å²) in [5, 5.41) is 4.23. The minimum absolute atomic E-state index is 0.157. The highest BCUT2D eigenvalue weighted by molar-refractivity contribution is 6.30. The number of halogens is 1. The summed E-state index contributed by atoms with van der Waals surface area (Å²) >= 11 is 6.04. The maximum atomic E-state index is 12.7. The van der Waals surface area contributed by atoms with Gasteiger partial charge in [-0.1, -0.05) is 30.7 Å². The number of hydrogen-bond donors (Lipinski definition) is 1. The Bertz CT molecular complexity index is 741. The van der Waals surface area contributed by atoms with Gasteiger partial charge in [-0.3, -0.25) is 14.7 Å². The van der Waals surface area contributed by atoms with Crippen molar-refractivity contribution in [3.63, 3.8) is 0 Å². The van der Waals surface area contributed by atoms with Crippen molar-refractivity contribution in [2.75, 3.05) is 72.5 Å². The van der Waals surface area contributed by atoms with Crippen LogP contribution in [0.25, 0.3) is 0 Å². The quantitative estimate of drug-likeness (QED) is 0.529. The van der Waals surface area contributed by atoms with E-state index in [1.54, 1.807) is 0 Å². The molecule has 1 unspecified atom stereocenters. The molecule has 1 aromatic rings. The van der Waals surface area contributed by atoms with Gasteiger partial charge in [0.2, 0.25) is 5.91 Å². The number of likely N-dealkylation sites (N-methyl/N-ethyl adjacent to an activating group) is 1. The molecule has 2 saturated heterocycles. The Kier molecular flexibility index (Phi) is 8.99. The molecule has 2 fully saturated rings. The van der Waals surface area contributed by atoms with Crippen LogP contribution in [-0.4, -0.2) is 110 Å². The summed E-state index contributed by atoms with van der Waals surface area (Å²) in [5.74, 6) is 1.09. The van der Waals surface area contributed by atoms with E-state index in [4.69, 9.17) is 11.6 Å². The second-order valence-electron chi connectivity index (χ2n) is 8.42. The van der Waals surface area contributed by atoms with Gasteiger partial charge in [0, 0.05) is 77.0 Å². The molecular formula is C23H37ClN6O. The highest BCUT2D eigenvalue weighted by Gasteiger charge is 2.24. The molecule has 2 aliphatic heterocycles. The summed E-state index contributed by atoms with van der Waals surface area (Å²) in [7, 11) is 1.84. The van der Waals surface area contributed by atoms with E-state index in [1.807, 2.05) is 36.2 Å². The van der Waals surface area contributed by atoms with Crippen molar-refractivity contribution < 1.29 is 4.79 Å². The third-order valence-corrected chi connectivity index (χ3v) is 6.66. The summed E-state index contributed by atoms with van der Waals surface area (Å²) in [4.78, 5) is 26.4. The average Bonchev–Trinajstić information content (AvgIpc) is 2.79.